The van der Waals surface area contributed by atoms with Crippen LogP contribution in [0.25, 0.3) is 0 Å². The van der Waals surface area contributed by atoms with Crippen LogP contribution in [-0.2, 0) is 14.3 Å². The zero-order chi connectivity index (χ0) is 29.2. The summed E-state index contributed by atoms with van der Waals surface area (Å²) in [4.78, 5) is 42.1. The lowest BCUT2D eigenvalue weighted by molar-refractivity contribution is -0.143. The number of benzene rings is 2. The zero-order valence-electron chi connectivity index (χ0n) is 23.7. The topological polar surface area (TPSA) is 97.0 Å². The standard InChI is InChI=1S/C30H39N3O5S/c1-9-21-10-12-22(13-11-21)26(27(34)31-23-14-16-24(37-7)17-15-23)33(20(2)3)28(35)25(18-19-39-8)32-29(36)38-30(4,5)6/h1,10-17,20,25-26H,18-19H2,2-8H3,(H,31,34)(H,32,36). The van der Waals surface area contributed by atoms with Crippen molar-refractivity contribution >= 4 is 35.4 Å². The molecule has 210 valence electrons. The molecule has 0 fully saturated rings. The van der Waals surface area contributed by atoms with E-state index in [0.29, 0.717) is 34.7 Å². The van der Waals surface area contributed by atoms with Gasteiger partial charge in [-0.3, -0.25) is 9.59 Å². The molecule has 8 nitrogen and oxygen atoms in total. The van der Waals surface area contributed by atoms with Crippen molar-refractivity contribution in [3.05, 3.63) is 59.7 Å². The lowest BCUT2D eigenvalue weighted by atomic mass is 9.99. The summed E-state index contributed by atoms with van der Waals surface area (Å²) < 4.78 is 10.6. The Morgan fingerprint density at radius 1 is 1.05 bits per heavy atom. The van der Waals surface area contributed by atoms with E-state index in [1.807, 2.05) is 20.1 Å². The van der Waals surface area contributed by atoms with Crippen molar-refractivity contribution in [3.8, 4) is 18.1 Å². The smallest absolute Gasteiger partial charge is 0.408 e. The molecule has 0 aromatic heterocycles. The van der Waals surface area contributed by atoms with Gasteiger partial charge in [-0.05, 0) is 95.0 Å². The minimum Gasteiger partial charge on any atom is -0.497 e. The Balaban J connectivity index is 2.50. The quantitative estimate of drug-likeness (QED) is 0.370. The molecule has 2 aromatic carbocycles. The lowest BCUT2D eigenvalue weighted by Crippen LogP contribution is -2.54. The Bertz CT molecular complexity index is 1150. The summed E-state index contributed by atoms with van der Waals surface area (Å²) in [6.45, 7) is 8.93. The number of amides is 3. The summed E-state index contributed by atoms with van der Waals surface area (Å²) in [5, 5.41) is 5.65. The molecule has 3 amide bonds. The summed E-state index contributed by atoms with van der Waals surface area (Å²) in [6.07, 6.45) is 7.13. The molecule has 0 aliphatic heterocycles. The lowest BCUT2D eigenvalue weighted by Gasteiger charge is -2.37. The van der Waals surface area contributed by atoms with Crippen LogP contribution in [0.5, 0.6) is 5.75 Å². The summed E-state index contributed by atoms with van der Waals surface area (Å²) in [6, 6.07) is 11.6. The van der Waals surface area contributed by atoms with Gasteiger partial charge in [0, 0.05) is 17.3 Å². The van der Waals surface area contributed by atoms with Crippen LogP contribution in [0.15, 0.2) is 48.5 Å². The predicted molar refractivity (Wildman–Crippen MR) is 157 cm³/mol. The van der Waals surface area contributed by atoms with E-state index in [9.17, 15) is 14.4 Å². The average molecular weight is 554 g/mol. The molecule has 0 radical (unpaired) electrons. The first-order chi connectivity index (χ1) is 18.4. The minimum absolute atomic E-state index is 0.366. The Kier molecular flexibility index (Phi) is 11.7. The molecule has 2 N–H and O–H groups in total. The highest BCUT2D eigenvalue weighted by Gasteiger charge is 2.37. The molecule has 0 aliphatic rings. The van der Waals surface area contributed by atoms with Gasteiger partial charge in [0.25, 0.3) is 5.91 Å². The molecule has 0 saturated heterocycles. The Labute approximate surface area is 236 Å². The number of nitrogens with zero attached hydrogens (tertiary/aromatic N) is 1. The Morgan fingerprint density at radius 3 is 2.15 bits per heavy atom. The van der Waals surface area contributed by atoms with Gasteiger partial charge < -0.3 is 25.0 Å². The van der Waals surface area contributed by atoms with Crippen LogP contribution in [0.3, 0.4) is 0 Å². The number of hydrogen-bond acceptors (Lipinski definition) is 6. The van der Waals surface area contributed by atoms with E-state index in [2.05, 4.69) is 16.6 Å². The molecule has 2 rings (SSSR count). The van der Waals surface area contributed by atoms with Crippen LogP contribution in [-0.4, -0.2) is 59.6 Å². The second-order valence-corrected chi connectivity index (χ2v) is 11.2. The van der Waals surface area contributed by atoms with Gasteiger partial charge in [0.05, 0.1) is 7.11 Å². The fourth-order valence-corrected chi connectivity index (χ4v) is 4.36. The van der Waals surface area contributed by atoms with E-state index in [1.165, 1.54) is 4.90 Å². The first-order valence-electron chi connectivity index (χ1n) is 12.7. The van der Waals surface area contributed by atoms with E-state index in [4.69, 9.17) is 15.9 Å². The SMILES string of the molecule is C#Cc1ccc(C(C(=O)Nc2ccc(OC)cc2)N(C(=O)C(CCSC)NC(=O)OC(C)(C)C)C(C)C)cc1. The number of anilines is 1. The maximum absolute atomic E-state index is 14.1. The number of ether oxygens (including phenoxy) is 2. The molecular formula is C30H39N3O5S. The number of methoxy groups -OCH3 is 1. The van der Waals surface area contributed by atoms with Gasteiger partial charge in [0.15, 0.2) is 0 Å². The number of nitrogens with one attached hydrogen (secondary N) is 2. The number of rotatable bonds is 11. The number of terminal acetylenes is 1. The molecule has 0 heterocycles. The largest absolute Gasteiger partial charge is 0.497 e. The zero-order valence-corrected chi connectivity index (χ0v) is 24.6. The van der Waals surface area contributed by atoms with Crippen LogP contribution < -0.4 is 15.4 Å². The normalized spacial score (nSPS) is 12.6. The highest BCUT2D eigenvalue weighted by atomic mass is 32.2. The summed E-state index contributed by atoms with van der Waals surface area (Å²) >= 11 is 1.56. The second kappa shape index (κ2) is 14.5. The molecule has 0 spiro atoms. The van der Waals surface area contributed by atoms with Crippen LogP contribution in [0.1, 0.15) is 58.2 Å². The summed E-state index contributed by atoms with van der Waals surface area (Å²) in [7, 11) is 1.56. The minimum atomic E-state index is -0.997. The van der Waals surface area contributed by atoms with Crippen molar-refractivity contribution in [2.24, 2.45) is 0 Å². The molecule has 0 bridgehead atoms. The van der Waals surface area contributed by atoms with Crippen LogP contribution in [0, 0.1) is 12.3 Å². The fraction of sp³-hybridized carbons (Fsp3) is 0.433. The molecule has 9 heteroatoms. The Hall–Kier alpha value is -3.64. The van der Waals surface area contributed by atoms with Gasteiger partial charge >= 0.3 is 6.09 Å². The van der Waals surface area contributed by atoms with Gasteiger partial charge in [0.1, 0.15) is 23.4 Å². The molecule has 2 aromatic rings. The van der Waals surface area contributed by atoms with Crippen LogP contribution in [0.4, 0.5) is 10.5 Å². The first kappa shape index (κ1) is 31.6. The Morgan fingerprint density at radius 2 is 1.67 bits per heavy atom. The number of thioether (sulfide) groups is 1. The van der Waals surface area contributed by atoms with Crippen molar-refractivity contribution in [1.29, 1.82) is 0 Å². The highest BCUT2D eigenvalue weighted by molar-refractivity contribution is 7.98. The monoisotopic (exact) mass is 553 g/mol. The van der Waals surface area contributed by atoms with Gasteiger partial charge in [-0.1, -0.05) is 18.1 Å². The highest BCUT2D eigenvalue weighted by Crippen LogP contribution is 2.28. The summed E-state index contributed by atoms with van der Waals surface area (Å²) in [5.74, 6) is 3.05. The third kappa shape index (κ3) is 9.56. The summed E-state index contributed by atoms with van der Waals surface area (Å²) in [5.41, 5.74) is 1.06. The fourth-order valence-electron chi connectivity index (χ4n) is 3.89. The van der Waals surface area contributed by atoms with Crippen molar-refractivity contribution in [2.45, 2.75) is 64.8 Å². The van der Waals surface area contributed by atoms with E-state index < -0.39 is 29.7 Å². The van der Waals surface area contributed by atoms with Crippen molar-refractivity contribution in [3.63, 3.8) is 0 Å². The van der Waals surface area contributed by atoms with Crippen LogP contribution in [0.2, 0.25) is 0 Å². The molecular weight excluding hydrogens is 514 g/mol. The number of alkyl carbamates (subject to hydrolysis) is 1. The maximum atomic E-state index is 14.1. The van der Waals surface area contributed by atoms with Gasteiger partial charge in [-0.15, -0.1) is 6.42 Å². The number of carbonyl (C=O) groups excluding carboxylic acids is 3. The molecule has 39 heavy (non-hydrogen) atoms. The van der Waals surface area contributed by atoms with Crippen molar-refractivity contribution < 1.29 is 23.9 Å². The van der Waals surface area contributed by atoms with Gasteiger partial charge in [-0.25, -0.2) is 4.79 Å². The van der Waals surface area contributed by atoms with E-state index in [1.54, 1.807) is 88.2 Å². The van der Waals surface area contributed by atoms with Crippen LogP contribution >= 0.6 is 11.8 Å². The molecule has 2 atom stereocenters. The van der Waals surface area contributed by atoms with Gasteiger partial charge in [-0.2, -0.15) is 11.8 Å². The maximum Gasteiger partial charge on any atom is 0.408 e. The number of carbonyl (C=O) groups is 3. The van der Waals surface area contributed by atoms with Crippen molar-refractivity contribution in [1.82, 2.24) is 10.2 Å². The third-order valence-electron chi connectivity index (χ3n) is 5.69. The molecule has 2 unspecified atom stereocenters. The first-order valence-corrected chi connectivity index (χ1v) is 14.1. The third-order valence-corrected chi connectivity index (χ3v) is 6.33. The average Bonchev–Trinajstić information content (AvgIpc) is 2.88. The van der Waals surface area contributed by atoms with Crippen molar-refractivity contribution in [2.75, 3.05) is 24.4 Å². The predicted octanol–water partition coefficient (Wildman–Crippen LogP) is 5.24. The van der Waals surface area contributed by atoms with E-state index in [-0.39, 0.29) is 11.9 Å². The van der Waals surface area contributed by atoms with E-state index >= 15 is 0 Å². The van der Waals surface area contributed by atoms with E-state index in [0.717, 1.165) is 0 Å². The van der Waals surface area contributed by atoms with Gasteiger partial charge in [0.2, 0.25) is 5.91 Å². The second-order valence-electron chi connectivity index (χ2n) is 10.2. The molecule has 0 aliphatic carbocycles. The molecule has 0 saturated carbocycles. The number of hydrogen-bond donors (Lipinski definition) is 2.